The molecule has 7 nitrogen and oxygen atoms in total. The molecule has 4 fully saturated rings. The number of carbonyl (C=O) groups is 2. The predicted molar refractivity (Wildman–Crippen MR) is 152 cm³/mol. The van der Waals surface area contributed by atoms with Gasteiger partial charge in [-0.1, -0.05) is 20.8 Å². The van der Waals surface area contributed by atoms with Crippen molar-refractivity contribution in [3.05, 3.63) is 0 Å². The van der Waals surface area contributed by atoms with Crippen molar-refractivity contribution in [3.8, 4) is 0 Å². The van der Waals surface area contributed by atoms with Crippen molar-refractivity contribution in [2.45, 2.75) is 104 Å². The predicted octanol–water partition coefficient (Wildman–Crippen LogP) is 4.81. The number of esters is 1. The molecule has 0 aromatic heterocycles. The number of hydrogen-bond donors (Lipinski definition) is 3. The molecule has 0 bridgehead atoms. The molecule has 4 saturated carbocycles. The summed E-state index contributed by atoms with van der Waals surface area (Å²) < 4.78 is 10.3. The van der Waals surface area contributed by atoms with Gasteiger partial charge in [-0.15, -0.1) is 0 Å². The molecule has 0 saturated heterocycles. The maximum Gasteiger partial charge on any atom is 0.308 e. The summed E-state index contributed by atoms with van der Waals surface area (Å²) in [6, 6.07) is 0.285. The van der Waals surface area contributed by atoms with E-state index in [1.54, 1.807) is 0 Å². The Bertz CT molecular complexity index is 927. The lowest BCUT2D eigenvalue weighted by molar-refractivity contribution is -0.166. The van der Waals surface area contributed by atoms with Crippen molar-refractivity contribution in [2.24, 2.45) is 52.1 Å². The van der Waals surface area contributed by atoms with Crippen molar-refractivity contribution in [1.82, 2.24) is 0 Å². The maximum atomic E-state index is 12.8. The van der Waals surface area contributed by atoms with Crippen LogP contribution in [0.1, 0.15) is 91.4 Å². The smallest absolute Gasteiger partial charge is 0.308 e. The Kier molecular flexibility index (Phi) is 9.54. The van der Waals surface area contributed by atoms with Gasteiger partial charge in [0.1, 0.15) is 5.78 Å². The van der Waals surface area contributed by atoms with Crippen molar-refractivity contribution in [2.75, 3.05) is 19.9 Å². The summed E-state index contributed by atoms with van der Waals surface area (Å²) in [7, 11) is 0. The molecule has 9 heteroatoms. The van der Waals surface area contributed by atoms with Gasteiger partial charge in [-0.2, -0.15) is 0 Å². The fourth-order valence-corrected chi connectivity index (χ4v) is 10.1. The summed E-state index contributed by atoms with van der Waals surface area (Å²) in [4.78, 5) is 34.1. The van der Waals surface area contributed by atoms with Gasteiger partial charge in [0.15, 0.2) is 6.49 Å². The fraction of sp³-hybridized carbons (Fsp3) is 0.931. The van der Waals surface area contributed by atoms with E-state index in [0.29, 0.717) is 41.4 Å². The Labute approximate surface area is 234 Å². The first-order valence-corrected chi connectivity index (χ1v) is 17.9. The average molecular weight is 572 g/mol. The van der Waals surface area contributed by atoms with E-state index in [1.165, 1.54) is 25.9 Å². The number of ether oxygens (including phenoxy) is 1. The third kappa shape index (κ3) is 6.41. The zero-order chi connectivity index (χ0) is 27.9. The van der Waals surface area contributed by atoms with Crippen LogP contribution in [-0.2, 0) is 30.7 Å². The van der Waals surface area contributed by atoms with Crippen LogP contribution in [0.5, 0.6) is 0 Å². The van der Waals surface area contributed by atoms with Crippen LogP contribution < -0.4 is 5.73 Å². The molecular weight excluding hydrogens is 521 g/mol. The van der Waals surface area contributed by atoms with E-state index in [1.807, 2.05) is 0 Å². The van der Waals surface area contributed by atoms with Crippen molar-refractivity contribution in [3.63, 3.8) is 0 Å². The molecule has 0 aromatic carbocycles. The van der Waals surface area contributed by atoms with E-state index in [2.05, 4.69) is 20.8 Å². The molecule has 0 aliphatic heterocycles. The van der Waals surface area contributed by atoms with Crippen LogP contribution in [-0.4, -0.2) is 53.8 Å². The number of fused-ring (bicyclic) bond motifs is 5. The van der Waals surface area contributed by atoms with E-state index >= 15 is 0 Å². The molecule has 4 N–H and O–H groups in total. The first-order chi connectivity index (χ1) is 17.7. The zero-order valence-electron chi connectivity index (χ0n) is 23.8. The summed E-state index contributed by atoms with van der Waals surface area (Å²) in [5, 5.41) is 11.5. The molecular formula is C29H50NO6PS. The van der Waals surface area contributed by atoms with Crippen LogP contribution >= 0.6 is 6.49 Å². The van der Waals surface area contributed by atoms with E-state index in [4.69, 9.17) is 26.8 Å². The molecule has 38 heavy (non-hydrogen) atoms. The Morgan fingerprint density at radius 3 is 2.45 bits per heavy atom. The Morgan fingerprint density at radius 1 is 1.05 bits per heavy atom. The largest absolute Gasteiger partial charge is 0.465 e. The van der Waals surface area contributed by atoms with E-state index in [-0.39, 0.29) is 55.3 Å². The second-order valence-corrected chi connectivity index (χ2v) is 17.5. The van der Waals surface area contributed by atoms with Crippen molar-refractivity contribution < 1.29 is 28.8 Å². The summed E-state index contributed by atoms with van der Waals surface area (Å²) >= 11 is 4.78. The van der Waals surface area contributed by atoms with Gasteiger partial charge in [0, 0.05) is 25.5 Å². The van der Waals surface area contributed by atoms with Gasteiger partial charge in [-0.25, -0.2) is 0 Å². The number of nitrogens with two attached hydrogens (primary N) is 1. The molecule has 4 aliphatic rings. The first kappa shape index (κ1) is 30.6. The van der Waals surface area contributed by atoms with Gasteiger partial charge >= 0.3 is 5.97 Å². The van der Waals surface area contributed by atoms with Crippen molar-refractivity contribution in [1.29, 1.82) is 0 Å². The number of Topliss-reactive ketones (excluding diaryl/α,β-unsaturated/α-hetero) is 1. The second kappa shape index (κ2) is 11.9. The summed E-state index contributed by atoms with van der Waals surface area (Å²) in [6.45, 7) is 5.91. The van der Waals surface area contributed by atoms with Crippen LogP contribution in [0.4, 0.5) is 0 Å². The number of aliphatic hydroxyl groups is 1. The topological polar surface area (TPSA) is 119 Å². The Morgan fingerprint density at radius 2 is 1.74 bits per heavy atom. The van der Waals surface area contributed by atoms with Gasteiger partial charge < -0.3 is 25.0 Å². The van der Waals surface area contributed by atoms with Gasteiger partial charge in [-0.05, 0) is 110 Å². The summed E-state index contributed by atoms with van der Waals surface area (Å²) in [5.41, 5.74) is 6.81. The fourth-order valence-electron chi connectivity index (χ4n) is 9.48. The Balaban J connectivity index is 1.30. The highest BCUT2D eigenvalue weighted by Gasteiger charge is 2.62. The van der Waals surface area contributed by atoms with E-state index in [0.717, 1.165) is 32.1 Å². The molecule has 0 spiro atoms. The number of rotatable bonds is 10. The molecule has 11 atom stereocenters. The minimum Gasteiger partial charge on any atom is -0.465 e. The first-order valence-electron chi connectivity index (χ1n) is 14.8. The van der Waals surface area contributed by atoms with Gasteiger partial charge in [-0.3, -0.25) is 9.59 Å². The SMILES string of the molecule is C[C@H](CC(=O)CCOC(=O)CCOP(C)(O)=S)C1CCC2C3C(O)CC4C[C@H](N)CC[C@]4(C)C3CC[C@@]21C. The third-order valence-electron chi connectivity index (χ3n) is 11.3. The highest BCUT2D eigenvalue weighted by molar-refractivity contribution is 8.09. The van der Waals surface area contributed by atoms with Gasteiger partial charge in [0.2, 0.25) is 0 Å². The zero-order valence-corrected chi connectivity index (χ0v) is 25.5. The minimum absolute atomic E-state index is 0.0137. The highest BCUT2D eigenvalue weighted by Crippen LogP contribution is 2.68. The number of ketones is 1. The van der Waals surface area contributed by atoms with Crippen LogP contribution in [0.3, 0.4) is 0 Å². The molecule has 0 radical (unpaired) electrons. The lowest BCUT2D eigenvalue weighted by atomic mass is 9.43. The monoisotopic (exact) mass is 571 g/mol. The third-order valence-corrected chi connectivity index (χ3v) is 12.3. The minimum atomic E-state index is -2.78. The molecule has 0 heterocycles. The van der Waals surface area contributed by atoms with Crippen LogP contribution in [0, 0.1) is 46.3 Å². The molecule has 0 aromatic rings. The molecule has 218 valence electrons. The molecule has 4 rings (SSSR count). The normalized spacial score (nSPS) is 42.8. The quantitative estimate of drug-likeness (QED) is 0.253. The van der Waals surface area contributed by atoms with Gasteiger partial charge in [0.25, 0.3) is 0 Å². The molecule has 4 aliphatic carbocycles. The van der Waals surface area contributed by atoms with Crippen molar-refractivity contribution >= 4 is 30.1 Å². The van der Waals surface area contributed by atoms with Crippen LogP contribution in [0.25, 0.3) is 0 Å². The lowest BCUT2D eigenvalue weighted by Crippen LogP contribution is -2.59. The lowest BCUT2D eigenvalue weighted by Gasteiger charge is -2.62. The number of hydrogen-bond acceptors (Lipinski definition) is 7. The summed E-state index contributed by atoms with van der Waals surface area (Å²) in [5.74, 6) is 2.45. The second-order valence-electron chi connectivity index (χ2n) is 13.6. The summed E-state index contributed by atoms with van der Waals surface area (Å²) in [6.07, 6.45) is 9.40. The maximum absolute atomic E-state index is 12.8. The molecule has 0 amide bonds. The van der Waals surface area contributed by atoms with E-state index in [9.17, 15) is 19.6 Å². The number of aliphatic hydroxyl groups excluding tert-OH is 1. The standard InChI is InChI=1S/C29H50NO6PS/c1-18(15-21(31)9-13-35-26(33)10-14-36-37(4,34)38)22-5-6-23-27-24(8-12-29(22,23)3)28(2)11-7-20(30)16-19(28)17-25(27)32/h18-20,22-25,27,32H,5-17,30H2,1-4H3,(H,34,38)/t18-,19?,20-,22?,23?,24?,25?,27?,28+,29-,37?/m1/s1. The average Bonchev–Trinajstić information content (AvgIpc) is 3.16. The van der Waals surface area contributed by atoms with Crippen LogP contribution in [0.2, 0.25) is 0 Å². The van der Waals surface area contributed by atoms with Crippen LogP contribution in [0.15, 0.2) is 0 Å². The highest BCUT2D eigenvalue weighted by atomic mass is 32.5. The van der Waals surface area contributed by atoms with Gasteiger partial charge in [0.05, 0.1) is 25.7 Å². The van der Waals surface area contributed by atoms with E-state index < -0.39 is 12.5 Å². The molecule has 7 unspecified atom stereocenters. The number of carbonyl (C=O) groups excluding carboxylic acids is 2. The Hall–Kier alpha value is -0.370.